The lowest BCUT2D eigenvalue weighted by Crippen LogP contribution is -2.14. The standard InChI is InChI=1S/C26H21Cl3N2O3/c1-3-33-24-12-18(11-22(29)25(24)34-15-17-5-4-6-20(27)10-17)9-19(14-30)26(32)31-23-13-21(28)8-7-16(23)2/h4-13H,3,15H2,1-2H3,(H,31,32)/b19-9+. The van der Waals surface area contributed by atoms with Gasteiger partial charge >= 0.3 is 0 Å². The molecule has 0 bridgehead atoms. The quantitative estimate of drug-likeness (QED) is 0.249. The molecular formula is C26H21Cl3N2O3. The Morgan fingerprint density at radius 2 is 1.82 bits per heavy atom. The maximum Gasteiger partial charge on any atom is 0.266 e. The molecule has 34 heavy (non-hydrogen) atoms. The van der Waals surface area contributed by atoms with Crippen LogP contribution >= 0.6 is 34.8 Å². The van der Waals surface area contributed by atoms with Crippen LogP contribution < -0.4 is 14.8 Å². The first-order chi connectivity index (χ1) is 16.3. The molecule has 0 aromatic heterocycles. The summed E-state index contributed by atoms with van der Waals surface area (Å²) in [5.74, 6) is 0.188. The van der Waals surface area contributed by atoms with Crippen molar-refractivity contribution in [1.82, 2.24) is 0 Å². The summed E-state index contributed by atoms with van der Waals surface area (Å²) in [6.07, 6.45) is 1.43. The second-order valence-corrected chi connectivity index (χ2v) is 8.54. The van der Waals surface area contributed by atoms with E-state index in [1.165, 1.54) is 6.08 Å². The number of nitriles is 1. The smallest absolute Gasteiger partial charge is 0.266 e. The Morgan fingerprint density at radius 1 is 1.06 bits per heavy atom. The van der Waals surface area contributed by atoms with Crippen LogP contribution in [0.4, 0.5) is 5.69 Å². The van der Waals surface area contributed by atoms with Crippen molar-refractivity contribution in [1.29, 1.82) is 5.26 Å². The van der Waals surface area contributed by atoms with Crippen molar-refractivity contribution in [3.8, 4) is 17.6 Å². The summed E-state index contributed by atoms with van der Waals surface area (Å²) in [7, 11) is 0. The zero-order valence-electron chi connectivity index (χ0n) is 18.5. The highest BCUT2D eigenvalue weighted by atomic mass is 35.5. The van der Waals surface area contributed by atoms with Gasteiger partial charge < -0.3 is 14.8 Å². The van der Waals surface area contributed by atoms with E-state index in [1.807, 2.05) is 32.0 Å². The molecule has 1 amide bonds. The van der Waals surface area contributed by atoms with E-state index in [2.05, 4.69) is 5.32 Å². The zero-order chi connectivity index (χ0) is 24.7. The van der Waals surface area contributed by atoms with Gasteiger partial charge in [0.25, 0.3) is 5.91 Å². The molecule has 3 rings (SSSR count). The number of halogens is 3. The van der Waals surface area contributed by atoms with Crippen LogP contribution in [0, 0.1) is 18.3 Å². The summed E-state index contributed by atoms with van der Waals surface area (Å²) >= 11 is 18.5. The predicted octanol–water partition coefficient (Wildman–Crippen LogP) is 7.48. The number of nitrogens with zero attached hydrogens (tertiary/aromatic N) is 1. The molecule has 0 saturated carbocycles. The summed E-state index contributed by atoms with van der Waals surface area (Å²) in [5.41, 5.74) is 2.62. The number of aryl methyl sites for hydroxylation is 1. The minimum atomic E-state index is -0.566. The minimum Gasteiger partial charge on any atom is -0.490 e. The zero-order valence-corrected chi connectivity index (χ0v) is 20.8. The molecule has 174 valence electrons. The number of carbonyl (C=O) groups excluding carboxylic acids is 1. The van der Waals surface area contributed by atoms with Crippen molar-refractivity contribution in [2.75, 3.05) is 11.9 Å². The molecule has 0 fully saturated rings. The van der Waals surface area contributed by atoms with Gasteiger partial charge in [0.05, 0.1) is 11.6 Å². The number of benzene rings is 3. The number of anilines is 1. The summed E-state index contributed by atoms with van der Waals surface area (Å²) < 4.78 is 11.6. The summed E-state index contributed by atoms with van der Waals surface area (Å²) in [6, 6.07) is 17.6. The van der Waals surface area contributed by atoms with Crippen LogP contribution in [0.5, 0.6) is 11.5 Å². The molecule has 0 aliphatic heterocycles. The third kappa shape index (κ3) is 6.68. The average Bonchev–Trinajstić information content (AvgIpc) is 2.79. The Hall–Kier alpha value is -3.17. The minimum absolute atomic E-state index is 0.106. The molecule has 0 aliphatic rings. The molecule has 0 heterocycles. The lowest BCUT2D eigenvalue weighted by molar-refractivity contribution is -0.112. The molecule has 3 aromatic carbocycles. The lowest BCUT2D eigenvalue weighted by Gasteiger charge is -2.15. The first kappa shape index (κ1) is 25.5. The number of carbonyl (C=O) groups is 1. The molecule has 0 spiro atoms. The van der Waals surface area contributed by atoms with Gasteiger partial charge in [0.1, 0.15) is 18.2 Å². The van der Waals surface area contributed by atoms with Crippen molar-refractivity contribution in [3.63, 3.8) is 0 Å². The van der Waals surface area contributed by atoms with Crippen LogP contribution in [0.15, 0.2) is 60.2 Å². The third-order valence-electron chi connectivity index (χ3n) is 4.73. The Morgan fingerprint density at radius 3 is 2.53 bits per heavy atom. The predicted molar refractivity (Wildman–Crippen MR) is 137 cm³/mol. The van der Waals surface area contributed by atoms with E-state index in [1.54, 1.807) is 42.5 Å². The van der Waals surface area contributed by atoms with Gasteiger partial charge in [-0.05, 0) is 73.0 Å². The van der Waals surface area contributed by atoms with Gasteiger partial charge in [-0.25, -0.2) is 0 Å². The fourth-order valence-corrected chi connectivity index (χ4v) is 3.75. The first-order valence-corrected chi connectivity index (χ1v) is 11.5. The van der Waals surface area contributed by atoms with E-state index in [0.717, 1.165) is 11.1 Å². The Bertz CT molecular complexity index is 1280. The van der Waals surface area contributed by atoms with Gasteiger partial charge in [-0.1, -0.05) is 53.0 Å². The second kappa shape index (κ2) is 11.8. The summed E-state index contributed by atoms with van der Waals surface area (Å²) in [4.78, 5) is 12.7. The second-order valence-electron chi connectivity index (χ2n) is 7.26. The maximum absolute atomic E-state index is 12.7. The highest BCUT2D eigenvalue weighted by Crippen LogP contribution is 2.38. The highest BCUT2D eigenvalue weighted by Gasteiger charge is 2.16. The first-order valence-electron chi connectivity index (χ1n) is 10.3. The number of hydrogen-bond acceptors (Lipinski definition) is 4. The number of amides is 1. The van der Waals surface area contributed by atoms with Gasteiger partial charge in [-0.3, -0.25) is 4.79 Å². The number of hydrogen-bond donors (Lipinski definition) is 1. The van der Waals surface area contributed by atoms with Crippen molar-refractivity contribution in [2.45, 2.75) is 20.5 Å². The topological polar surface area (TPSA) is 71.3 Å². The Balaban J connectivity index is 1.86. The molecule has 0 aliphatic carbocycles. The Labute approximate surface area is 213 Å². The Kier molecular flexibility index (Phi) is 8.84. The fourth-order valence-electron chi connectivity index (χ4n) is 3.09. The van der Waals surface area contributed by atoms with Crippen LogP contribution in [0.3, 0.4) is 0 Å². The van der Waals surface area contributed by atoms with Gasteiger partial charge in [-0.15, -0.1) is 0 Å². The van der Waals surface area contributed by atoms with Gasteiger partial charge in [-0.2, -0.15) is 5.26 Å². The van der Waals surface area contributed by atoms with Crippen molar-refractivity contribution >= 4 is 52.5 Å². The van der Waals surface area contributed by atoms with E-state index < -0.39 is 5.91 Å². The molecular weight excluding hydrogens is 495 g/mol. The molecule has 1 N–H and O–H groups in total. The van der Waals surface area contributed by atoms with Crippen LogP contribution in [0.25, 0.3) is 6.08 Å². The molecule has 0 unspecified atom stereocenters. The van der Waals surface area contributed by atoms with E-state index in [9.17, 15) is 10.1 Å². The number of rotatable bonds is 8. The van der Waals surface area contributed by atoms with Gasteiger partial charge in [0, 0.05) is 15.7 Å². The molecule has 0 atom stereocenters. The monoisotopic (exact) mass is 514 g/mol. The van der Waals surface area contributed by atoms with Crippen molar-refractivity contribution in [2.24, 2.45) is 0 Å². The molecule has 8 heteroatoms. The largest absolute Gasteiger partial charge is 0.490 e. The van der Waals surface area contributed by atoms with Crippen LogP contribution in [0.2, 0.25) is 15.1 Å². The fraction of sp³-hybridized carbons (Fsp3) is 0.154. The van der Waals surface area contributed by atoms with Crippen molar-refractivity contribution in [3.05, 3.63) is 91.9 Å². The summed E-state index contributed by atoms with van der Waals surface area (Å²) in [5, 5.41) is 13.7. The number of nitrogens with one attached hydrogen (secondary N) is 1. The average molecular weight is 516 g/mol. The third-order valence-corrected chi connectivity index (χ3v) is 5.48. The van der Waals surface area contributed by atoms with Crippen LogP contribution in [-0.4, -0.2) is 12.5 Å². The SMILES string of the molecule is CCOc1cc(/C=C(\C#N)C(=O)Nc2cc(Cl)ccc2C)cc(Cl)c1OCc1cccc(Cl)c1. The van der Waals surface area contributed by atoms with E-state index in [0.29, 0.717) is 39.4 Å². The molecule has 3 aromatic rings. The van der Waals surface area contributed by atoms with E-state index in [-0.39, 0.29) is 17.2 Å². The molecule has 5 nitrogen and oxygen atoms in total. The number of ether oxygens (including phenoxy) is 2. The van der Waals surface area contributed by atoms with Crippen LogP contribution in [-0.2, 0) is 11.4 Å². The normalized spacial score (nSPS) is 11.0. The lowest BCUT2D eigenvalue weighted by atomic mass is 10.1. The summed E-state index contributed by atoms with van der Waals surface area (Å²) in [6.45, 7) is 4.27. The van der Waals surface area contributed by atoms with Crippen LogP contribution in [0.1, 0.15) is 23.6 Å². The van der Waals surface area contributed by atoms with E-state index in [4.69, 9.17) is 44.3 Å². The molecule has 0 radical (unpaired) electrons. The van der Waals surface area contributed by atoms with Gasteiger partial charge in [0.15, 0.2) is 11.5 Å². The van der Waals surface area contributed by atoms with E-state index >= 15 is 0 Å². The molecule has 0 saturated heterocycles. The maximum atomic E-state index is 12.7. The highest BCUT2D eigenvalue weighted by molar-refractivity contribution is 6.32. The van der Waals surface area contributed by atoms with Gasteiger partial charge in [0.2, 0.25) is 0 Å². The van der Waals surface area contributed by atoms with Crippen molar-refractivity contribution < 1.29 is 14.3 Å².